The summed E-state index contributed by atoms with van der Waals surface area (Å²) in [6.45, 7) is 6.22. The van der Waals surface area contributed by atoms with Crippen LogP contribution in [0.1, 0.15) is 45.6 Å². The van der Waals surface area contributed by atoms with Crippen molar-refractivity contribution in [3.05, 3.63) is 48.0 Å². The maximum absolute atomic E-state index is 12.3. The van der Waals surface area contributed by atoms with E-state index in [1.165, 1.54) is 6.42 Å². The van der Waals surface area contributed by atoms with Crippen molar-refractivity contribution in [2.24, 2.45) is 17.8 Å². The van der Waals surface area contributed by atoms with Gasteiger partial charge >= 0.3 is 11.9 Å². The quantitative estimate of drug-likeness (QED) is 0.665. The van der Waals surface area contributed by atoms with Gasteiger partial charge in [0.15, 0.2) is 6.61 Å². The van der Waals surface area contributed by atoms with Crippen LogP contribution in [-0.2, 0) is 25.5 Å². The average Bonchev–Trinajstić information content (AvgIpc) is 2.66. The van der Waals surface area contributed by atoms with Crippen LogP contribution in [0.5, 0.6) is 0 Å². The van der Waals surface area contributed by atoms with Gasteiger partial charge in [0, 0.05) is 0 Å². The zero-order valence-corrected chi connectivity index (χ0v) is 17.0. The first-order chi connectivity index (χ1) is 13.4. The molecule has 3 atom stereocenters. The van der Waals surface area contributed by atoms with E-state index >= 15 is 0 Å². The summed E-state index contributed by atoms with van der Waals surface area (Å²) in [4.78, 5) is 24.5. The number of hydrogen-bond donors (Lipinski definition) is 0. The normalized spacial score (nSPS) is 22.2. The molecule has 4 heteroatoms. The van der Waals surface area contributed by atoms with E-state index < -0.39 is 11.9 Å². The second kappa shape index (κ2) is 9.22. The highest BCUT2D eigenvalue weighted by Crippen LogP contribution is 2.35. The highest BCUT2D eigenvalue weighted by Gasteiger charge is 2.33. The second-order valence-electron chi connectivity index (χ2n) is 8.33. The lowest BCUT2D eigenvalue weighted by molar-refractivity contribution is -0.166. The summed E-state index contributed by atoms with van der Waals surface area (Å²) in [5.74, 6) is 0.550. The van der Waals surface area contributed by atoms with Crippen LogP contribution < -0.4 is 0 Å². The first kappa shape index (κ1) is 20.4. The summed E-state index contributed by atoms with van der Waals surface area (Å²) in [5.41, 5.74) is 0.900. The third-order valence-electron chi connectivity index (χ3n) is 5.81. The molecule has 3 rings (SSSR count). The average molecular weight is 383 g/mol. The van der Waals surface area contributed by atoms with Gasteiger partial charge in [-0.1, -0.05) is 69.7 Å². The van der Waals surface area contributed by atoms with Crippen LogP contribution in [0.3, 0.4) is 0 Å². The molecule has 2 aromatic carbocycles. The van der Waals surface area contributed by atoms with E-state index in [1.807, 2.05) is 42.5 Å². The summed E-state index contributed by atoms with van der Waals surface area (Å²) >= 11 is 0. The van der Waals surface area contributed by atoms with E-state index in [9.17, 15) is 9.59 Å². The first-order valence-corrected chi connectivity index (χ1v) is 10.3. The second-order valence-corrected chi connectivity index (χ2v) is 8.33. The van der Waals surface area contributed by atoms with Crippen LogP contribution in [0.4, 0.5) is 0 Å². The van der Waals surface area contributed by atoms with Gasteiger partial charge in [0.05, 0.1) is 6.42 Å². The smallest absolute Gasteiger partial charge is 0.344 e. The Kier molecular flexibility index (Phi) is 6.71. The number of benzene rings is 2. The van der Waals surface area contributed by atoms with Crippen molar-refractivity contribution in [3.8, 4) is 0 Å². The molecule has 1 aliphatic carbocycles. The molecule has 1 saturated carbocycles. The van der Waals surface area contributed by atoms with Crippen LogP contribution in [0.25, 0.3) is 10.8 Å². The molecule has 0 saturated heterocycles. The predicted octanol–water partition coefficient (Wildman–Crippen LogP) is 4.93. The lowest BCUT2D eigenvalue weighted by Crippen LogP contribution is -2.36. The number of rotatable bonds is 6. The molecule has 0 N–H and O–H groups in total. The molecule has 0 spiro atoms. The number of carbonyl (C=O) groups is 2. The van der Waals surface area contributed by atoms with Gasteiger partial charge in [0.2, 0.25) is 0 Å². The molecule has 1 fully saturated rings. The third kappa shape index (κ3) is 5.12. The van der Waals surface area contributed by atoms with E-state index in [2.05, 4.69) is 20.8 Å². The lowest BCUT2D eigenvalue weighted by atomic mass is 9.75. The molecule has 0 radical (unpaired) electrons. The van der Waals surface area contributed by atoms with Crippen LogP contribution >= 0.6 is 0 Å². The molecule has 28 heavy (non-hydrogen) atoms. The van der Waals surface area contributed by atoms with E-state index in [1.54, 1.807) is 0 Å². The van der Waals surface area contributed by atoms with Crippen molar-refractivity contribution in [1.82, 2.24) is 0 Å². The Labute approximate surface area is 167 Å². The Morgan fingerprint density at radius 2 is 1.79 bits per heavy atom. The first-order valence-electron chi connectivity index (χ1n) is 10.3. The van der Waals surface area contributed by atoms with Crippen molar-refractivity contribution in [1.29, 1.82) is 0 Å². The van der Waals surface area contributed by atoms with Crippen LogP contribution in [0.2, 0.25) is 0 Å². The topological polar surface area (TPSA) is 52.6 Å². The highest BCUT2D eigenvalue weighted by molar-refractivity contribution is 5.89. The van der Waals surface area contributed by atoms with Crippen LogP contribution in [0, 0.1) is 17.8 Å². The fraction of sp³-hybridized carbons (Fsp3) is 0.500. The summed E-state index contributed by atoms with van der Waals surface area (Å²) in [5, 5.41) is 2.11. The molecule has 2 aromatic rings. The van der Waals surface area contributed by atoms with Crippen molar-refractivity contribution >= 4 is 22.7 Å². The van der Waals surface area contributed by atoms with Gasteiger partial charge < -0.3 is 9.47 Å². The Morgan fingerprint density at radius 3 is 2.57 bits per heavy atom. The van der Waals surface area contributed by atoms with Crippen molar-refractivity contribution in [2.45, 2.75) is 52.6 Å². The SMILES string of the molecule is CC(C)[C@H]1CC[C@H](C)C[C@H]1OC(=O)COC(=O)Cc1cccc2ccccc12. The van der Waals surface area contributed by atoms with Crippen LogP contribution in [-0.4, -0.2) is 24.6 Å². The standard InChI is InChI=1S/C24H30O4/c1-16(2)20-12-11-17(3)13-22(20)28-24(26)15-27-23(25)14-19-9-6-8-18-7-4-5-10-21(18)19/h4-10,16-17,20,22H,11-15H2,1-3H3/t17-,20+,22+/m0/s1. The van der Waals surface area contributed by atoms with E-state index in [0.717, 1.165) is 29.2 Å². The Bertz CT molecular complexity index is 821. The van der Waals surface area contributed by atoms with E-state index in [0.29, 0.717) is 17.8 Å². The number of ether oxygens (including phenoxy) is 2. The summed E-state index contributed by atoms with van der Waals surface area (Å²) in [6.07, 6.45) is 3.21. The minimum atomic E-state index is -0.448. The van der Waals surface area contributed by atoms with Gasteiger partial charge in [-0.25, -0.2) is 4.79 Å². The molecule has 0 heterocycles. The van der Waals surface area contributed by atoms with E-state index in [-0.39, 0.29) is 19.1 Å². The van der Waals surface area contributed by atoms with Crippen LogP contribution in [0.15, 0.2) is 42.5 Å². The minimum Gasteiger partial charge on any atom is -0.460 e. The van der Waals surface area contributed by atoms with Crippen molar-refractivity contribution in [3.63, 3.8) is 0 Å². The maximum Gasteiger partial charge on any atom is 0.344 e. The molecule has 1 aliphatic rings. The fourth-order valence-electron chi connectivity index (χ4n) is 4.25. The number of esters is 2. The monoisotopic (exact) mass is 382 g/mol. The number of carbonyl (C=O) groups excluding carboxylic acids is 2. The fourth-order valence-corrected chi connectivity index (χ4v) is 4.25. The molecule has 0 aromatic heterocycles. The molecule has 4 nitrogen and oxygen atoms in total. The van der Waals surface area contributed by atoms with Gasteiger partial charge in [-0.3, -0.25) is 4.79 Å². The van der Waals surface area contributed by atoms with Gasteiger partial charge in [-0.15, -0.1) is 0 Å². The molecule has 0 aliphatic heterocycles. The lowest BCUT2D eigenvalue weighted by Gasteiger charge is -2.36. The van der Waals surface area contributed by atoms with Crippen molar-refractivity contribution in [2.75, 3.05) is 6.61 Å². The van der Waals surface area contributed by atoms with Gasteiger partial charge in [-0.2, -0.15) is 0 Å². The number of fused-ring (bicyclic) bond motifs is 1. The van der Waals surface area contributed by atoms with Crippen molar-refractivity contribution < 1.29 is 19.1 Å². The van der Waals surface area contributed by atoms with E-state index in [4.69, 9.17) is 9.47 Å². The summed E-state index contributed by atoms with van der Waals surface area (Å²) in [7, 11) is 0. The summed E-state index contributed by atoms with van der Waals surface area (Å²) < 4.78 is 10.9. The van der Waals surface area contributed by atoms with Gasteiger partial charge in [-0.05, 0) is 46.9 Å². The van der Waals surface area contributed by atoms with Gasteiger partial charge in [0.1, 0.15) is 6.10 Å². The zero-order valence-electron chi connectivity index (χ0n) is 17.0. The predicted molar refractivity (Wildman–Crippen MR) is 110 cm³/mol. The maximum atomic E-state index is 12.3. The minimum absolute atomic E-state index is 0.0759. The Morgan fingerprint density at radius 1 is 1.04 bits per heavy atom. The molecule has 150 valence electrons. The molecular weight excluding hydrogens is 352 g/mol. The molecular formula is C24H30O4. The number of hydrogen-bond acceptors (Lipinski definition) is 4. The summed E-state index contributed by atoms with van der Waals surface area (Å²) in [6, 6.07) is 13.8. The highest BCUT2D eigenvalue weighted by atomic mass is 16.6. The third-order valence-corrected chi connectivity index (χ3v) is 5.81. The molecule has 0 unspecified atom stereocenters. The molecule has 0 amide bonds. The Hall–Kier alpha value is -2.36. The molecule has 0 bridgehead atoms. The largest absolute Gasteiger partial charge is 0.460 e. The zero-order chi connectivity index (χ0) is 20.1. The van der Waals surface area contributed by atoms with Gasteiger partial charge in [0.25, 0.3) is 0 Å². The Balaban J connectivity index is 1.53.